The van der Waals surface area contributed by atoms with E-state index in [-0.39, 0.29) is 23.4 Å². The van der Waals surface area contributed by atoms with E-state index in [1.807, 2.05) is 0 Å². The molecule has 1 amide bonds. The van der Waals surface area contributed by atoms with Crippen LogP contribution in [0.5, 0.6) is 0 Å². The third kappa shape index (κ3) is 2.96. The van der Waals surface area contributed by atoms with E-state index < -0.39 is 33.9 Å². The molecule has 0 aliphatic carbocycles. The molecule has 2 rings (SSSR count). The van der Waals surface area contributed by atoms with E-state index in [0.29, 0.717) is 5.56 Å². The van der Waals surface area contributed by atoms with E-state index >= 15 is 0 Å². The summed E-state index contributed by atoms with van der Waals surface area (Å²) in [5.74, 6) is -2.17. The number of hydrogen-bond acceptors (Lipinski definition) is 4. The van der Waals surface area contributed by atoms with Gasteiger partial charge in [-0.15, -0.1) is 0 Å². The number of rotatable bonds is 3. The van der Waals surface area contributed by atoms with Gasteiger partial charge in [0.05, 0.1) is 11.4 Å². The van der Waals surface area contributed by atoms with E-state index in [2.05, 4.69) is 0 Å². The highest BCUT2D eigenvalue weighted by molar-refractivity contribution is 7.90. The normalized spacial score (nSPS) is 21.9. The van der Waals surface area contributed by atoms with Gasteiger partial charge in [0, 0.05) is 24.8 Å². The fourth-order valence-corrected chi connectivity index (χ4v) is 3.43. The Morgan fingerprint density at radius 1 is 1.36 bits per heavy atom. The van der Waals surface area contributed by atoms with E-state index in [4.69, 9.17) is 5.11 Å². The monoisotopic (exact) mass is 329 g/mol. The minimum Gasteiger partial charge on any atom is -0.479 e. The number of carboxylic acids is 1. The Morgan fingerprint density at radius 3 is 2.50 bits per heavy atom. The Kier molecular flexibility index (Phi) is 3.99. The van der Waals surface area contributed by atoms with Gasteiger partial charge < -0.3 is 10.0 Å². The number of aliphatic carboxylic acids is 1. The number of benzene rings is 1. The predicted octanol–water partition coefficient (Wildman–Crippen LogP) is 1.04. The van der Waals surface area contributed by atoms with Crippen molar-refractivity contribution in [3.05, 3.63) is 29.3 Å². The zero-order valence-corrected chi connectivity index (χ0v) is 13.0. The lowest BCUT2D eigenvalue weighted by Crippen LogP contribution is -2.38. The van der Waals surface area contributed by atoms with Crippen molar-refractivity contribution in [2.45, 2.75) is 23.9 Å². The van der Waals surface area contributed by atoms with Crippen LogP contribution in [0.1, 0.15) is 22.3 Å². The van der Waals surface area contributed by atoms with Gasteiger partial charge >= 0.3 is 5.97 Å². The van der Waals surface area contributed by atoms with Gasteiger partial charge in [-0.1, -0.05) is 6.07 Å². The summed E-state index contributed by atoms with van der Waals surface area (Å²) in [5.41, 5.74) is -1.84. The maximum Gasteiger partial charge on any atom is 0.343 e. The molecule has 0 aromatic heterocycles. The van der Waals surface area contributed by atoms with Crippen molar-refractivity contribution in [2.75, 3.05) is 19.3 Å². The molecule has 1 aromatic rings. The van der Waals surface area contributed by atoms with Crippen molar-refractivity contribution < 1.29 is 27.5 Å². The van der Waals surface area contributed by atoms with E-state index in [0.717, 1.165) is 11.2 Å². The number of carbonyl (C=O) groups excluding carboxylic acids is 1. The highest BCUT2D eigenvalue weighted by Gasteiger charge is 2.47. The van der Waals surface area contributed by atoms with Crippen LogP contribution in [0.25, 0.3) is 0 Å². The molecular formula is C14H16FNO5S. The predicted molar refractivity (Wildman–Crippen MR) is 76.3 cm³/mol. The molecule has 0 spiro atoms. The highest BCUT2D eigenvalue weighted by Crippen LogP contribution is 2.28. The van der Waals surface area contributed by atoms with E-state index in [1.165, 1.54) is 18.2 Å². The first-order valence-electron chi connectivity index (χ1n) is 6.57. The van der Waals surface area contributed by atoms with Gasteiger partial charge in [-0.05, 0) is 24.6 Å². The van der Waals surface area contributed by atoms with Crippen molar-refractivity contribution in [1.82, 2.24) is 4.90 Å². The third-order valence-corrected chi connectivity index (χ3v) is 4.96. The maximum atomic E-state index is 14.0. The Bertz CT molecular complexity index is 746. The first kappa shape index (κ1) is 16.4. The zero-order chi connectivity index (χ0) is 16.7. The molecule has 1 aromatic carbocycles. The van der Waals surface area contributed by atoms with Crippen LogP contribution in [-0.4, -0.2) is 55.3 Å². The topological polar surface area (TPSA) is 91.8 Å². The Morgan fingerprint density at radius 2 is 2.00 bits per heavy atom. The molecule has 1 saturated heterocycles. The number of amides is 1. The standard InChI is InChI=1S/C14H16FNO5S/c1-9-3-4-10(7-11(9)22(2,20)21)12(17)16-6-5-14(15,8-16)13(18)19/h3-4,7H,5-6,8H2,1-2H3,(H,18,19). The second kappa shape index (κ2) is 5.35. The fraction of sp³-hybridized carbons (Fsp3) is 0.429. The van der Waals surface area contributed by atoms with Gasteiger partial charge in [0.25, 0.3) is 5.91 Å². The smallest absolute Gasteiger partial charge is 0.343 e. The van der Waals surface area contributed by atoms with Gasteiger partial charge in [0.15, 0.2) is 9.84 Å². The number of likely N-dealkylation sites (tertiary alicyclic amines) is 1. The summed E-state index contributed by atoms with van der Waals surface area (Å²) < 4.78 is 37.4. The second-order valence-electron chi connectivity index (χ2n) is 5.50. The fourth-order valence-electron chi connectivity index (χ4n) is 2.44. The van der Waals surface area contributed by atoms with E-state index in [9.17, 15) is 22.4 Å². The summed E-state index contributed by atoms with van der Waals surface area (Å²) in [7, 11) is -3.49. The average Bonchev–Trinajstić information content (AvgIpc) is 2.81. The number of aryl methyl sites for hydroxylation is 1. The molecule has 1 aliphatic rings. The molecule has 8 heteroatoms. The third-order valence-electron chi connectivity index (χ3n) is 3.72. The molecule has 0 saturated carbocycles. The van der Waals surface area contributed by atoms with Gasteiger partial charge in [0.1, 0.15) is 0 Å². The van der Waals surface area contributed by atoms with E-state index in [1.54, 1.807) is 6.92 Å². The van der Waals surface area contributed by atoms with Gasteiger partial charge in [-0.25, -0.2) is 17.6 Å². The lowest BCUT2D eigenvalue weighted by Gasteiger charge is -2.18. The van der Waals surface area contributed by atoms with Crippen LogP contribution in [0.15, 0.2) is 23.1 Å². The average molecular weight is 329 g/mol. The minimum atomic E-state index is -3.49. The van der Waals surface area contributed by atoms with Gasteiger partial charge in [-0.2, -0.15) is 0 Å². The van der Waals surface area contributed by atoms with Crippen LogP contribution in [0.4, 0.5) is 4.39 Å². The van der Waals surface area contributed by atoms with Crippen LogP contribution in [0.2, 0.25) is 0 Å². The summed E-state index contributed by atoms with van der Waals surface area (Å²) in [5, 5.41) is 8.84. The molecule has 22 heavy (non-hydrogen) atoms. The van der Waals surface area contributed by atoms with Crippen molar-refractivity contribution in [3.63, 3.8) is 0 Å². The lowest BCUT2D eigenvalue weighted by atomic mass is 10.1. The number of hydrogen-bond donors (Lipinski definition) is 1. The van der Waals surface area contributed by atoms with Crippen molar-refractivity contribution in [3.8, 4) is 0 Å². The van der Waals surface area contributed by atoms with Crippen LogP contribution in [-0.2, 0) is 14.6 Å². The molecule has 0 bridgehead atoms. The first-order chi connectivity index (χ1) is 10.0. The molecule has 1 unspecified atom stereocenters. The summed E-state index contributed by atoms with van der Waals surface area (Å²) in [4.78, 5) is 24.3. The summed E-state index contributed by atoms with van der Waals surface area (Å²) >= 11 is 0. The van der Waals surface area contributed by atoms with Gasteiger partial charge in [-0.3, -0.25) is 4.79 Å². The molecule has 120 valence electrons. The zero-order valence-electron chi connectivity index (χ0n) is 12.2. The van der Waals surface area contributed by atoms with Crippen LogP contribution >= 0.6 is 0 Å². The van der Waals surface area contributed by atoms with Gasteiger partial charge in [0.2, 0.25) is 5.67 Å². The summed E-state index contributed by atoms with van der Waals surface area (Å²) in [6.45, 7) is 1.05. The molecule has 0 radical (unpaired) electrons. The largest absolute Gasteiger partial charge is 0.479 e. The molecule has 1 atom stereocenters. The SMILES string of the molecule is Cc1ccc(C(=O)N2CCC(F)(C(=O)O)C2)cc1S(C)(=O)=O. The molecule has 1 heterocycles. The Balaban J connectivity index is 2.31. The molecule has 1 aliphatic heterocycles. The summed E-state index contributed by atoms with van der Waals surface area (Å²) in [6.07, 6.45) is 0.759. The highest BCUT2D eigenvalue weighted by atomic mass is 32.2. The molecule has 1 fully saturated rings. The lowest BCUT2D eigenvalue weighted by molar-refractivity contribution is -0.149. The molecular weight excluding hydrogens is 313 g/mol. The van der Waals surface area contributed by atoms with Crippen molar-refractivity contribution in [2.24, 2.45) is 0 Å². The number of sulfone groups is 1. The maximum absolute atomic E-state index is 14.0. The quantitative estimate of drug-likeness (QED) is 0.894. The van der Waals surface area contributed by atoms with Crippen molar-refractivity contribution in [1.29, 1.82) is 0 Å². The minimum absolute atomic E-state index is 0.0241. The summed E-state index contributed by atoms with van der Waals surface area (Å²) in [6, 6.07) is 4.19. The molecule has 1 N–H and O–H groups in total. The van der Waals surface area contributed by atoms with Crippen LogP contribution in [0, 0.1) is 6.92 Å². The van der Waals surface area contributed by atoms with Crippen molar-refractivity contribution >= 4 is 21.7 Å². The molecule has 6 nitrogen and oxygen atoms in total. The van der Waals surface area contributed by atoms with Crippen LogP contribution < -0.4 is 0 Å². The van der Waals surface area contributed by atoms with Crippen LogP contribution in [0.3, 0.4) is 0 Å². The Hall–Kier alpha value is -1.96. The number of carbonyl (C=O) groups is 2. The first-order valence-corrected chi connectivity index (χ1v) is 8.46. The number of alkyl halides is 1. The number of halogens is 1. The second-order valence-corrected chi connectivity index (χ2v) is 7.48. The number of carboxylic acid groups (broad SMARTS) is 1. The Labute approximate surface area is 127 Å². The number of nitrogens with zero attached hydrogens (tertiary/aromatic N) is 1.